The molecule has 1 unspecified atom stereocenters. The van der Waals surface area contributed by atoms with Gasteiger partial charge >= 0.3 is 5.97 Å². The second kappa shape index (κ2) is 7.01. The summed E-state index contributed by atoms with van der Waals surface area (Å²) in [6.45, 7) is 2.94. The van der Waals surface area contributed by atoms with Crippen molar-refractivity contribution in [2.45, 2.75) is 24.8 Å². The lowest BCUT2D eigenvalue weighted by atomic mass is 10.2. The molecule has 0 spiro atoms. The molecule has 0 fully saturated rings. The third-order valence-electron chi connectivity index (χ3n) is 3.56. The number of hydrogen-bond donors (Lipinski definition) is 1. The second-order valence-corrected chi connectivity index (χ2v) is 7.81. The third kappa shape index (κ3) is 3.50. The van der Waals surface area contributed by atoms with Gasteiger partial charge in [0.1, 0.15) is 6.04 Å². The molecule has 0 radical (unpaired) electrons. The minimum atomic E-state index is -4.12. The highest BCUT2D eigenvalue weighted by Crippen LogP contribution is 2.32. The molecule has 24 heavy (non-hydrogen) atoms. The van der Waals surface area contributed by atoms with Gasteiger partial charge in [-0.1, -0.05) is 29.3 Å². The summed E-state index contributed by atoms with van der Waals surface area (Å²) in [4.78, 5) is 11.4. The van der Waals surface area contributed by atoms with Crippen molar-refractivity contribution >= 4 is 44.9 Å². The molecular weight excluding hydrogens is 373 g/mol. The maximum atomic E-state index is 13.0. The number of halogens is 2. The zero-order valence-electron chi connectivity index (χ0n) is 12.9. The van der Waals surface area contributed by atoms with Crippen LogP contribution in [0.3, 0.4) is 0 Å². The number of carboxylic acid groups (broad SMARTS) is 1. The van der Waals surface area contributed by atoms with Gasteiger partial charge in [-0.15, -0.1) is 0 Å². The third-order valence-corrected chi connectivity index (χ3v) is 6.12. The first kappa shape index (κ1) is 18.6. The van der Waals surface area contributed by atoms with Gasteiger partial charge in [0.05, 0.1) is 10.6 Å². The summed E-state index contributed by atoms with van der Waals surface area (Å²) in [5.41, 5.74) is 0.692. The van der Waals surface area contributed by atoms with Crippen LogP contribution in [0.1, 0.15) is 12.5 Å². The number of sulfonamides is 1. The highest BCUT2D eigenvalue weighted by atomic mass is 35.5. The van der Waals surface area contributed by atoms with E-state index in [4.69, 9.17) is 23.2 Å². The van der Waals surface area contributed by atoms with Gasteiger partial charge in [-0.3, -0.25) is 4.31 Å². The van der Waals surface area contributed by atoms with E-state index in [1.807, 2.05) is 0 Å². The molecule has 0 aromatic heterocycles. The van der Waals surface area contributed by atoms with E-state index in [-0.39, 0.29) is 10.6 Å². The van der Waals surface area contributed by atoms with E-state index in [0.717, 1.165) is 4.31 Å². The van der Waals surface area contributed by atoms with E-state index in [1.54, 1.807) is 19.1 Å². The number of carboxylic acids is 1. The number of nitrogens with zero attached hydrogens (tertiary/aromatic N) is 1. The number of carbonyl (C=O) groups is 1. The van der Waals surface area contributed by atoms with Crippen LogP contribution < -0.4 is 4.31 Å². The zero-order chi connectivity index (χ0) is 18.1. The van der Waals surface area contributed by atoms with Gasteiger partial charge in [-0.25, -0.2) is 13.2 Å². The molecule has 0 saturated heterocycles. The van der Waals surface area contributed by atoms with Gasteiger partial charge in [0.2, 0.25) is 0 Å². The average Bonchev–Trinajstić information content (AvgIpc) is 2.51. The van der Waals surface area contributed by atoms with Gasteiger partial charge in [0.15, 0.2) is 0 Å². The van der Waals surface area contributed by atoms with Gasteiger partial charge in [-0.05, 0) is 55.8 Å². The molecule has 0 amide bonds. The summed E-state index contributed by atoms with van der Waals surface area (Å²) in [7, 11) is -4.12. The summed E-state index contributed by atoms with van der Waals surface area (Å²) < 4.78 is 26.9. The van der Waals surface area contributed by atoms with E-state index >= 15 is 0 Å². The Balaban J connectivity index is 2.69. The first-order chi connectivity index (χ1) is 11.2. The molecule has 0 bridgehead atoms. The smallest absolute Gasteiger partial charge is 0.327 e. The fourth-order valence-corrected chi connectivity index (χ4v) is 4.17. The van der Waals surface area contributed by atoms with Crippen molar-refractivity contribution in [1.82, 2.24) is 0 Å². The number of benzene rings is 2. The molecule has 0 aliphatic rings. The zero-order valence-corrected chi connectivity index (χ0v) is 15.2. The van der Waals surface area contributed by atoms with Crippen molar-refractivity contribution in [3.8, 4) is 0 Å². The van der Waals surface area contributed by atoms with Gasteiger partial charge in [0, 0.05) is 10.0 Å². The van der Waals surface area contributed by atoms with Crippen molar-refractivity contribution in [2.24, 2.45) is 0 Å². The monoisotopic (exact) mass is 387 g/mol. The van der Waals surface area contributed by atoms with Crippen molar-refractivity contribution in [3.05, 3.63) is 58.1 Å². The number of anilines is 1. The Hall–Kier alpha value is -1.76. The molecule has 0 aliphatic carbocycles. The lowest BCUT2D eigenvalue weighted by molar-refractivity contribution is -0.137. The number of hydrogen-bond acceptors (Lipinski definition) is 3. The van der Waals surface area contributed by atoms with Crippen LogP contribution in [0, 0.1) is 6.92 Å². The highest BCUT2D eigenvalue weighted by molar-refractivity contribution is 7.93. The van der Waals surface area contributed by atoms with Crippen LogP contribution >= 0.6 is 23.2 Å². The Kier molecular flexibility index (Phi) is 5.42. The summed E-state index contributed by atoms with van der Waals surface area (Å²) >= 11 is 11.9. The van der Waals surface area contributed by atoms with Crippen LogP contribution in [-0.4, -0.2) is 25.5 Å². The molecule has 2 aromatic carbocycles. The summed E-state index contributed by atoms with van der Waals surface area (Å²) in [5, 5.41) is 10.1. The molecule has 0 aliphatic heterocycles. The SMILES string of the molecule is Cc1c(Cl)cccc1N(C(C)C(=O)O)S(=O)(=O)c1ccc(Cl)cc1. The van der Waals surface area contributed by atoms with Crippen LogP contribution in [0.2, 0.25) is 10.0 Å². The van der Waals surface area contributed by atoms with Crippen molar-refractivity contribution in [3.63, 3.8) is 0 Å². The predicted molar refractivity (Wildman–Crippen MR) is 94.4 cm³/mol. The topological polar surface area (TPSA) is 74.7 Å². The molecule has 0 heterocycles. The highest BCUT2D eigenvalue weighted by Gasteiger charge is 2.34. The predicted octanol–water partition coefficient (Wildman–Crippen LogP) is 3.97. The normalized spacial score (nSPS) is 12.7. The molecular formula is C16H15Cl2NO4S. The van der Waals surface area contributed by atoms with E-state index in [1.165, 1.54) is 37.3 Å². The molecule has 8 heteroatoms. The van der Waals surface area contributed by atoms with Crippen LogP contribution in [0.5, 0.6) is 0 Å². The lowest BCUT2D eigenvalue weighted by Crippen LogP contribution is -2.43. The summed E-state index contributed by atoms with van der Waals surface area (Å²) in [5.74, 6) is -1.27. The van der Waals surface area contributed by atoms with Crippen LogP contribution in [0.4, 0.5) is 5.69 Å². The molecule has 1 N–H and O–H groups in total. The van der Waals surface area contributed by atoms with E-state index in [9.17, 15) is 18.3 Å². The quantitative estimate of drug-likeness (QED) is 0.841. The van der Waals surface area contributed by atoms with Crippen LogP contribution in [-0.2, 0) is 14.8 Å². The van der Waals surface area contributed by atoms with E-state index < -0.39 is 22.0 Å². The Bertz CT molecular complexity index is 866. The minimum Gasteiger partial charge on any atom is -0.480 e. The first-order valence-corrected chi connectivity index (χ1v) is 9.13. The van der Waals surface area contributed by atoms with E-state index in [0.29, 0.717) is 15.6 Å². The summed E-state index contributed by atoms with van der Waals surface area (Å²) in [6.07, 6.45) is 0. The maximum Gasteiger partial charge on any atom is 0.327 e. The molecule has 5 nitrogen and oxygen atoms in total. The molecule has 2 aromatic rings. The van der Waals surface area contributed by atoms with Crippen molar-refractivity contribution in [2.75, 3.05) is 4.31 Å². The van der Waals surface area contributed by atoms with Crippen molar-refractivity contribution in [1.29, 1.82) is 0 Å². The van der Waals surface area contributed by atoms with Gasteiger partial charge < -0.3 is 5.11 Å². The lowest BCUT2D eigenvalue weighted by Gasteiger charge is -2.29. The molecule has 1 atom stereocenters. The Morgan fingerprint density at radius 1 is 1.12 bits per heavy atom. The minimum absolute atomic E-state index is 0.0561. The van der Waals surface area contributed by atoms with E-state index in [2.05, 4.69) is 0 Å². The van der Waals surface area contributed by atoms with Crippen LogP contribution in [0.25, 0.3) is 0 Å². The Morgan fingerprint density at radius 3 is 2.25 bits per heavy atom. The maximum absolute atomic E-state index is 13.0. The largest absolute Gasteiger partial charge is 0.480 e. The second-order valence-electron chi connectivity index (χ2n) is 5.15. The molecule has 0 saturated carbocycles. The standard InChI is InChI=1S/C16H15Cl2NO4S/c1-10-14(18)4-3-5-15(10)19(11(2)16(20)21)24(22,23)13-8-6-12(17)7-9-13/h3-9,11H,1-2H3,(H,20,21). The van der Waals surface area contributed by atoms with Gasteiger partial charge in [-0.2, -0.15) is 0 Å². The number of rotatable bonds is 5. The van der Waals surface area contributed by atoms with Gasteiger partial charge in [0.25, 0.3) is 10.0 Å². The summed E-state index contributed by atoms with van der Waals surface area (Å²) in [6, 6.07) is 8.92. The Morgan fingerprint density at radius 2 is 1.71 bits per heavy atom. The fraction of sp³-hybridized carbons (Fsp3) is 0.188. The first-order valence-electron chi connectivity index (χ1n) is 6.94. The Labute approximate surface area is 150 Å². The van der Waals surface area contributed by atoms with Crippen LogP contribution in [0.15, 0.2) is 47.4 Å². The molecule has 2 rings (SSSR count). The molecule has 128 valence electrons. The number of aliphatic carboxylic acids is 1. The van der Waals surface area contributed by atoms with Crippen molar-refractivity contribution < 1.29 is 18.3 Å². The average molecular weight is 388 g/mol. The fourth-order valence-electron chi connectivity index (χ4n) is 2.20.